The molecule has 1 saturated heterocycles. The number of carbonyl (C=O) groups excluding carboxylic acids is 2. The van der Waals surface area contributed by atoms with Crippen LogP contribution in [-0.4, -0.2) is 31.1 Å². The minimum atomic E-state index is -0.771. The first-order valence-electron chi connectivity index (χ1n) is 10.7. The number of thiophene rings is 1. The SMILES string of the molecule is NC(=O)Nc1sc(-c2ccc(OCc3ccccc3)c(F)c2)cc1C(=O)N[C@H]1CCCNC1. The van der Waals surface area contributed by atoms with Gasteiger partial charge in [0.2, 0.25) is 0 Å². The van der Waals surface area contributed by atoms with Crippen molar-refractivity contribution in [3.63, 3.8) is 0 Å². The highest BCUT2D eigenvalue weighted by Crippen LogP contribution is 2.37. The summed E-state index contributed by atoms with van der Waals surface area (Å²) in [6.07, 6.45) is 1.86. The molecule has 0 unspecified atom stereocenters. The first kappa shape index (κ1) is 22.8. The zero-order valence-corrected chi connectivity index (χ0v) is 18.7. The Morgan fingerprint density at radius 3 is 2.70 bits per heavy atom. The number of hydrogen-bond donors (Lipinski definition) is 4. The summed E-state index contributed by atoms with van der Waals surface area (Å²) in [5, 5.41) is 9.06. The first-order chi connectivity index (χ1) is 16.0. The molecule has 4 rings (SSSR count). The molecule has 1 aromatic heterocycles. The lowest BCUT2D eigenvalue weighted by Gasteiger charge is -2.23. The fraction of sp³-hybridized carbons (Fsp3) is 0.250. The van der Waals surface area contributed by atoms with Crippen molar-refractivity contribution in [1.29, 1.82) is 0 Å². The van der Waals surface area contributed by atoms with E-state index in [9.17, 15) is 14.0 Å². The largest absolute Gasteiger partial charge is 0.486 e. The molecule has 5 N–H and O–H groups in total. The number of halogens is 1. The summed E-state index contributed by atoms with van der Waals surface area (Å²) in [6, 6.07) is 15.0. The van der Waals surface area contributed by atoms with E-state index in [0.29, 0.717) is 27.5 Å². The molecule has 9 heteroatoms. The van der Waals surface area contributed by atoms with Gasteiger partial charge in [-0.1, -0.05) is 30.3 Å². The summed E-state index contributed by atoms with van der Waals surface area (Å²) in [7, 11) is 0. The Hall–Kier alpha value is -3.43. The minimum absolute atomic E-state index is 0.00881. The van der Waals surface area contributed by atoms with Gasteiger partial charge in [-0.05, 0) is 54.8 Å². The van der Waals surface area contributed by atoms with Crippen LogP contribution in [0.5, 0.6) is 5.75 Å². The second kappa shape index (κ2) is 10.5. The quantitative estimate of drug-likeness (QED) is 0.419. The van der Waals surface area contributed by atoms with Crippen LogP contribution in [0, 0.1) is 5.82 Å². The third kappa shape index (κ3) is 5.88. The zero-order chi connectivity index (χ0) is 23.2. The Morgan fingerprint density at radius 2 is 2.00 bits per heavy atom. The molecule has 33 heavy (non-hydrogen) atoms. The van der Waals surface area contributed by atoms with Crippen LogP contribution in [0.1, 0.15) is 28.8 Å². The Bertz CT molecular complexity index is 1130. The fourth-order valence-corrected chi connectivity index (χ4v) is 4.71. The van der Waals surface area contributed by atoms with Crippen LogP contribution in [-0.2, 0) is 6.61 Å². The molecule has 7 nitrogen and oxygen atoms in total. The van der Waals surface area contributed by atoms with Gasteiger partial charge in [0.1, 0.15) is 11.6 Å². The normalized spacial score (nSPS) is 15.6. The van der Waals surface area contributed by atoms with Crippen molar-refractivity contribution in [2.45, 2.75) is 25.5 Å². The van der Waals surface area contributed by atoms with Crippen LogP contribution in [0.25, 0.3) is 10.4 Å². The molecule has 0 radical (unpaired) electrons. The van der Waals surface area contributed by atoms with Crippen LogP contribution >= 0.6 is 11.3 Å². The molecule has 3 aromatic rings. The maximum atomic E-state index is 14.7. The first-order valence-corrected chi connectivity index (χ1v) is 11.5. The topological polar surface area (TPSA) is 105 Å². The summed E-state index contributed by atoms with van der Waals surface area (Å²) in [5.74, 6) is -0.684. The number of piperidine rings is 1. The van der Waals surface area contributed by atoms with Gasteiger partial charge in [0.05, 0.1) is 5.56 Å². The van der Waals surface area contributed by atoms with Crippen molar-refractivity contribution < 1.29 is 18.7 Å². The number of nitrogens with one attached hydrogen (secondary N) is 3. The van der Waals surface area contributed by atoms with Gasteiger partial charge in [-0.25, -0.2) is 9.18 Å². The molecule has 0 saturated carbocycles. The molecule has 172 valence electrons. The maximum Gasteiger partial charge on any atom is 0.317 e. The number of ether oxygens (including phenoxy) is 1. The van der Waals surface area contributed by atoms with E-state index < -0.39 is 11.8 Å². The average Bonchev–Trinajstić information content (AvgIpc) is 3.23. The van der Waals surface area contributed by atoms with E-state index in [2.05, 4.69) is 16.0 Å². The van der Waals surface area contributed by atoms with Gasteiger partial charge < -0.3 is 21.1 Å². The van der Waals surface area contributed by atoms with E-state index in [1.54, 1.807) is 18.2 Å². The van der Waals surface area contributed by atoms with E-state index in [-0.39, 0.29) is 24.3 Å². The summed E-state index contributed by atoms with van der Waals surface area (Å²) >= 11 is 1.16. The number of rotatable bonds is 7. The van der Waals surface area contributed by atoms with E-state index >= 15 is 0 Å². The second-order valence-electron chi connectivity index (χ2n) is 7.78. The number of anilines is 1. The average molecular weight is 469 g/mol. The van der Waals surface area contributed by atoms with Gasteiger partial charge in [0, 0.05) is 17.5 Å². The molecule has 2 heterocycles. The van der Waals surface area contributed by atoms with Crippen molar-refractivity contribution in [1.82, 2.24) is 10.6 Å². The number of urea groups is 1. The van der Waals surface area contributed by atoms with Gasteiger partial charge in [0.25, 0.3) is 5.91 Å². The molecule has 2 aromatic carbocycles. The lowest BCUT2D eigenvalue weighted by Crippen LogP contribution is -2.45. The summed E-state index contributed by atoms with van der Waals surface area (Å²) < 4.78 is 20.3. The smallest absolute Gasteiger partial charge is 0.317 e. The third-order valence-electron chi connectivity index (χ3n) is 5.30. The molecule has 0 spiro atoms. The van der Waals surface area contributed by atoms with Crippen molar-refractivity contribution in [2.24, 2.45) is 5.73 Å². The van der Waals surface area contributed by atoms with Crippen LogP contribution in [0.3, 0.4) is 0 Å². The predicted molar refractivity (Wildman–Crippen MR) is 127 cm³/mol. The lowest BCUT2D eigenvalue weighted by atomic mass is 10.1. The summed E-state index contributed by atoms with van der Waals surface area (Å²) in [4.78, 5) is 25.0. The lowest BCUT2D eigenvalue weighted by molar-refractivity contribution is 0.0932. The van der Waals surface area contributed by atoms with Crippen molar-refractivity contribution >= 4 is 28.3 Å². The molecular weight excluding hydrogens is 443 g/mol. The van der Waals surface area contributed by atoms with Gasteiger partial charge in [0.15, 0.2) is 11.6 Å². The Balaban J connectivity index is 1.53. The molecule has 1 aliphatic heterocycles. The Labute approximate surface area is 195 Å². The molecule has 1 fully saturated rings. The van der Waals surface area contributed by atoms with Crippen LogP contribution < -0.4 is 26.4 Å². The van der Waals surface area contributed by atoms with E-state index in [1.807, 2.05) is 30.3 Å². The maximum absolute atomic E-state index is 14.7. The van der Waals surface area contributed by atoms with Crippen molar-refractivity contribution in [3.05, 3.63) is 71.5 Å². The van der Waals surface area contributed by atoms with Crippen molar-refractivity contribution in [3.8, 4) is 16.2 Å². The monoisotopic (exact) mass is 468 g/mol. The van der Waals surface area contributed by atoms with Gasteiger partial charge >= 0.3 is 6.03 Å². The molecule has 0 bridgehead atoms. The zero-order valence-electron chi connectivity index (χ0n) is 17.9. The van der Waals surface area contributed by atoms with Gasteiger partial charge in [-0.15, -0.1) is 11.3 Å². The number of hydrogen-bond acceptors (Lipinski definition) is 5. The molecule has 1 atom stereocenters. The fourth-order valence-electron chi connectivity index (χ4n) is 3.65. The highest BCUT2D eigenvalue weighted by Gasteiger charge is 2.22. The number of nitrogens with two attached hydrogens (primary N) is 1. The number of carbonyl (C=O) groups is 2. The number of primary amides is 1. The highest BCUT2D eigenvalue weighted by atomic mass is 32.1. The number of benzene rings is 2. The standard InChI is InChI=1S/C24H25FN4O3S/c25-19-11-16(8-9-20(19)32-14-15-5-2-1-3-6-15)21-12-18(23(33-21)29-24(26)31)22(30)28-17-7-4-10-27-13-17/h1-3,5-6,8-9,11-12,17,27H,4,7,10,13-14H2,(H,28,30)(H3,26,29,31)/t17-/m0/s1. The molecule has 1 aliphatic rings. The highest BCUT2D eigenvalue weighted by molar-refractivity contribution is 7.20. The van der Waals surface area contributed by atoms with Gasteiger partial charge in [-0.2, -0.15) is 0 Å². The summed E-state index contributed by atoms with van der Waals surface area (Å²) in [5.41, 5.74) is 7.09. The molecule has 0 aliphatic carbocycles. The van der Waals surface area contributed by atoms with Crippen LogP contribution in [0.15, 0.2) is 54.6 Å². The van der Waals surface area contributed by atoms with Gasteiger partial charge in [-0.3, -0.25) is 10.1 Å². The molecule has 3 amide bonds. The number of amides is 3. The second-order valence-corrected chi connectivity index (χ2v) is 8.83. The third-order valence-corrected chi connectivity index (χ3v) is 6.40. The Morgan fingerprint density at radius 1 is 1.18 bits per heavy atom. The minimum Gasteiger partial charge on any atom is -0.486 e. The summed E-state index contributed by atoms with van der Waals surface area (Å²) in [6.45, 7) is 1.88. The van der Waals surface area contributed by atoms with E-state index in [1.165, 1.54) is 6.07 Å². The van der Waals surface area contributed by atoms with Crippen molar-refractivity contribution in [2.75, 3.05) is 18.4 Å². The van der Waals surface area contributed by atoms with Crippen LogP contribution in [0.4, 0.5) is 14.2 Å². The predicted octanol–water partition coefficient (Wildman–Crippen LogP) is 4.11. The van der Waals surface area contributed by atoms with E-state index in [0.717, 1.165) is 36.3 Å². The Kier molecular flexibility index (Phi) is 7.21. The van der Waals surface area contributed by atoms with E-state index in [4.69, 9.17) is 10.5 Å². The van der Waals surface area contributed by atoms with Crippen LogP contribution in [0.2, 0.25) is 0 Å². The molecular formula is C24H25FN4O3S.